The highest BCUT2D eigenvalue weighted by atomic mass is 16.5. The quantitative estimate of drug-likeness (QED) is 0.602. The van der Waals surface area contributed by atoms with Gasteiger partial charge in [-0.2, -0.15) is 0 Å². The maximum atomic E-state index is 13.3. The molecule has 4 rings (SSSR count). The maximum Gasteiger partial charge on any atom is 0.257 e. The molecule has 0 spiro atoms. The van der Waals surface area contributed by atoms with Crippen molar-refractivity contribution in [3.8, 4) is 22.6 Å². The molecular formula is C26H27N3O4. The molecule has 2 amide bonds. The maximum absolute atomic E-state index is 13.3. The van der Waals surface area contributed by atoms with Gasteiger partial charge in [-0.05, 0) is 42.2 Å². The van der Waals surface area contributed by atoms with Gasteiger partial charge in [0.25, 0.3) is 5.91 Å². The van der Waals surface area contributed by atoms with Crippen LogP contribution in [-0.4, -0.2) is 49.0 Å². The van der Waals surface area contributed by atoms with Crippen molar-refractivity contribution in [1.82, 2.24) is 9.88 Å². The standard InChI is InChI=1S/C26H27N3O4/c1-32-20-9-10-22(23(14-20)33-2)24(30)29-13-11-26(17-29,25(27)31)15-18-6-3-4-8-21(18)19-7-5-12-28-16-19/h3-10,12,14,16H,11,13,15,17H2,1-2H3,(H2,27,31). The molecule has 1 aliphatic rings. The number of hydrogen-bond acceptors (Lipinski definition) is 5. The number of aromatic nitrogens is 1. The summed E-state index contributed by atoms with van der Waals surface area (Å²) >= 11 is 0. The lowest BCUT2D eigenvalue weighted by molar-refractivity contribution is -0.126. The van der Waals surface area contributed by atoms with Crippen molar-refractivity contribution in [2.75, 3.05) is 27.3 Å². The summed E-state index contributed by atoms with van der Waals surface area (Å²) in [5.41, 5.74) is 8.49. The largest absolute Gasteiger partial charge is 0.497 e. The van der Waals surface area contributed by atoms with E-state index in [4.69, 9.17) is 15.2 Å². The van der Waals surface area contributed by atoms with Gasteiger partial charge < -0.3 is 20.1 Å². The second-order valence-electron chi connectivity index (χ2n) is 8.26. The molecule has 1 aliphatic heterocycles. The van der Waals surface area contributed by atoms with Crippen LogP contribution < -0.4 is 15.2 Å². The molecule has 2 N–H and O–H groups in total. The smallest absolute Gasteiger partial charge is 0.257 e. The summed E-state index contributed by atoms with van der Waals surface area (Å²) in [4.78, 5) is 31.9. The van der Waals surface area contributed by atoms with Crippen LogP contribution in [0.4, 0.5) is 0 Å². The Morgan fingerprint density at radius 2 is 1.91 bits per heavy atom. The van der Waals surface area contributed by atoms with Crippen molar-refractivity contribution in [3.63, 3.8) is 0 Å². The van der Waals surface area contributed by atoms with Crippen molar-refractivity contribution in [1.29, 1.82) is 0 Å². The van der Waals surface area contributed by atoms with Crippen LogP contribution in [0, 0.1) is 5.41 Å². The van der Waals surface area contributed by atoms with E-state index in [2.05, 4.69) is 4.98 Å². The van der Waals surface area contributed by atoms with Gasteiger partial charge in [0.05, 0.1) is 25.2 Å². The lowest BCUT2D eigenvalue weighted by Crippen LogP contribution is -2.42. The molecule has 1 unspecified atom stereocenters. The molecule has 0 bridgehead atoms. The minimum Gasteiger partial charge on any atom is -0.497 e. The lowest BCUT2D eigenvalue weighted by atomic mass is 9.78. The number of pyridine rings is 1. The third-order valence-corrected chi connectivity index (χ3v) is 6.32. The van der Waals surface area contributed by atoms with Crippen molar-refractivity contribution in [3.05, 3.63) is 78.1 Å². The SMILES string of the molecule is COc1ccc(C(=O)N2CCC(Cc3ccccc3-c3cccnc3)(C(N)=O)C2)c(OC)c1. The molecule has 3 aromatic rings. The highest BCUT2D eigenvalue weighted by Crippen LogP contribution is 2.38. The first-order chi connectivity index (χ1) is 16.0. The number of benzene rings is 2. The van der Waals surface area contributed by atoms with Gasteiger partial charge in [0.1, 0.15) is 11.5 Å². The molecule has 1 atom stereocenters. The molecule has 0 aliphatic carbocycles. The summed E-state index contributed by atoms with van der Waals surface area (Å²) in [5.74, 6) is 0.430. The number of ether oxygens (including phenoxy) is 2. The number of hydrogen-bond donors (Lipinski definition) is 1. The first-order valence-corrected chi connectivity index (χ1v) is 10.8. The average Bonchev–Trinajstić information content (AvgIpc) is 3.29. The van der Waals surface area contributed by atoms with Crippen LogP contribution in [0.25, 0.3) is 11.1 Å². The van der Waals surface area contributed by atoms with Gasteiger partial charge in [-0.3, -0.25) is 14.6 Å². The summed E-state index contributed by atoms with van der Waals surface area (Å²) in [6, 6.07) is 16.9. The van der Waals surface area contributed by atoms with Gasteiger partial charge in [-0.1, -0.05) is 30.3 Å². The third kappa shape index (κ3) is 4.39. The van der Waals surface area contributed by atoms with Gasteiger partial charge in [-0.25, -0.2) is 0 Å². The fourth-order valence-corrected chi connectivity index (χ4v) is 4.47. The molecule has 1 aromatic heterocycles. The van der Waals surface area contributed by atoms with Crippen LogP contribution in [0.15, 0.2) is 67.0 Å². The normalized spacial score (nSPS) is 17.6. The molecular weight excluding hydrogens is 418 g/mol. The number of carbonyl (C=O) groups is 2. The Morgan fingerprint density at radius 1 is 1.09 bits per heavy atom. The first kappa shape index (κ1) is 22.3. The van der Waals surface area contributed by atoms with Gasteiger partial charge in [0, 0.05) is 37.1 Å². The van der Waals surface area contributed by atoms with Crippen molar-refractivity contribution in [2.45, 2.75) is 12.8 Å². The minimum absolute atomic E-state index is 0.196. The predicted molar refractivity (Wildman–Crippen MR) is 125 cm³/mol. The number of amides is 2. The Balaban J connectivity index is 1.62. The fourth-order valence-electron chi connectivity index (χ4n) is 4.47. The number of primary amides is 1. The molecule has 0 radical (unpaired) electrons. The molecule has 2 heterocycles. The van der Waals surface area contributed by atoms with E-state index in [1.54, 1.807) is 42.6 Å². The summed E-state index contributed by atoms with van der Waals surface area (Å²) < 4.78 is 10.6. The summed E-state index contributed by atoms with van der Waals surface area (Å²) in [7, 11) is 3.07. The van der Waals surface area contributed by atoms with E-state index in [1.165, 1.54) is 7.11 Å². The molecule has 7 nitrogen and oxygen atoms in total. The van der Waals surface area contributed by atoms with Crippen LogP contribution in [0.1, 0.15) is 22.3 Å². The second-order valence-corrected chi connectivity index (χ2v) is 8.26. The molecule has 2 aromatic carbocycles. The van der Waals surface area contributed by atoms with Crippen LogP contribution in [0.5, 0.6) is 11.5 Å². The Labute approximate surface area is 193 Å². The van der Waals surface area contributed by atoms with E-state index in [0.29, 0.717) is 36.4 Å². The van der Waals surface area contributed by atoms with E-state index in [1.807, 2.05) is 36.4 Å². The molecule has 0 saturated carbocycles. The van der Waals surface area contributed by atoms with Gasteiger partial charge >= 0.3 is 0 Å². The Bertz CT molecular complexity index is 1170. The number of likely N-dealkylation sites (tertiary alicyclic amines) is 1. The van der Waals surface area contributed by atoms with Gasteiger partial charge in [-0.15, -0.1) is 0 Å². The number of nitrogens with zero attached hydrogens (tertiary/aromatic N) is 2. The van der Waals surface area contributed by atoms with Gasteiger partial charge in [0.2, 0.25) is 5.91 Å². The van der Waals surface area contributed by atoms with E-state index in [-0.39, 0.29) is 12.5 Å². The summed E-state index contributed by atoms with van der Waals surface area (Å²) in [6.07, 6.45) is 4.46. The van der Waals surface area contributed by atoms with E-state index >= 15 is 0 Å². The van der Waals surface area contributed by atoms with Crippen LogP contribution in [-0.2, 0) is 11.2 Å². The number of nitrogens with two attached hydrogens (primary N) is 1. The topological polar surface area (TPSA) is 94.8 Å². The zero-order valence-corrected chi connectivity index (χ0v) is 18.8. The highest BCUT2D eigenvalue weighted by Gasteiger charge is 2.45. The summed E-state index contributed by atoms with van der Waals surface area (Å²) in [5, 5.41) is 0. The minimum atomic E-state index is -0.853. The Morgan fingerprint density at radius 3 is 2.61 bits per heavy atom. The zero-order chi connectivity index (χ0) is 23.4. The van der Waals surface area contributed by atoms with E-state index in [9.17, 15) is 9.59 Å². The van der Waals surface area contributed by atoms with Gasteiger partial charge in [0.15, 0.2) is 0 Å². The monoisotopic (exact) mass is 445 g/mol. The van der Waals surface area contributed by atoms with Crippen molar-refractivity contribution < 1.29 is 19.1 Å². The number of rotatable bonds is 7. The highest BCUT2D eigenvalue weighted by molar-refractivity contribution is 5.98. The third-order valence-electron chi connectivity index (χ3n) is 6.32. The molecule has 7 heteroatoms. The van der Waals surface area contributed by atoms with Crippen molar-refractivity contribution >= 4 is 11.8 Å². The number of carbonyl (C=O) groups excluding carboxylic acids is 2. The van der Waals surface area contributed by atoms with Crippen LogP contribution in [0.3, 0.4) is 0 Å². The average molecular weight is 446 g/mol. The molecule has 33 heavy (non-hydrogen) atoms. The Kier molecular flexibility index (Phi) is 6.31. The fraction of sp³-hybridized carbons (Fsp3) is 0.269. The molecule has 1 saturated heterocycles. The predicted octanol–water partition coefficient (Wildman–Crippen LogP) is 3.33. The second kappa shape index (κ2) is 9.32. The lowest BCUT2D eigenvalue weighted by Gasteiger charge is -2.27. The van der Waals surface area contributed by atoms with Crippen LogP contribution >= 0.6 is 0 Å². The number of methoxy groups -OCH3 is 2. The first-order valence-electron chi connectivity index (χ1n) is 10.8. The molecule has 170 valence electrons. The molecule has 1 fully saturated rings. The van der Waals surface area contributed by atoms with Crippen molar-refractivity contribution in [2.24, 2.45) is 11.1 Å². The van der Waals surface area contributed by atoms with Crippen LogP contribution in [0.2, 0.25) is 0 Å². The van der Waals surface area contributed by atoms with E-state index in [0.717, 1.165) is 16.7 Å². The Hall–Kier alpha value is -3.87. The zero-order valence-electron chi connectivity index (χ0n) is 18.8. The van der Waals surface area contributed by atoms with E-state index < -0.39 is 11.3 Å². The summed E-state index contributed by atoms with van der Waals surface area (Å²) in [6.45, 7) is 0.684.